The van der Waals surface area contributed by atoms with Crippen molar-refractivity contribution in [2.75, 3.05) is 11.9 Å². The second-order valence-corrected chi connectivity index (χ2v) is 10.1. The van der Waals surface area contributed by atoms with Gasteiger partial charge in [-0.2, -0.15) is 0 Å². The number of carbonyl (C=O) groups excluding carboxylic acids is 2. The van der Waals surface area contributed by atoms with Crippen molar-refractivity contribution < 1.29 is 19.1 Å². The van der Waals surface area contributed by atoms with E-state index in [1.165, 1.54) is 16.9 Å². The summed E-state index contributed by atoms with van der Waals surface area (Å²) < 4.78 is 11.2. The van der Waals surface area contributed by atoms with Gasteiger partial charge in [0, 0.05) is 10.4 Å². The predicted molar refractivity (Wildman–Crippen MR) is 134 cm³/mol. The van der Waals surface area contributed by atoms with E-state index in [2.05, 4.69) is 26.1 Å². The van der Waals surface area contributed by atoms with Gasteiger partial charge in [-0.3, -0.25) is 4.79 Å². The van der Waals surface area contributed by atoms with E-state index >= 15 is 0 Å². The summed E-state index contributed by atoms with van der Waals surface area (Å²) in [6, 6.07) is 17.4. The highest BCUT2D eigenvalue weighted by molar-refractivity contribution is 7.17. The van der Waals surface area contributed by atoms with E-state index in [1.54, 1.807) is 13.8 Å². The van der Waals surface area contributed by atoms with Gasteiger partial charge >= 0.3 is 5.97 Å². The number of amides is 1. The molecule has 0 bridgehead atoms. The van der Waals surface area contributed by atoms with E-state index in [4.69, 9.17) is 9.47 Å². The van der Waals surface area contributed by atoms with Crippen LogP contribution in [0.3, 0.4) is 0 Å². The van der Waals surface area contributed by atoms with Crippen molar-refractivity contribution in [2.45, 2.75) is 53.1 Å². The Morgan fingerprint density at radius 1 is 1.03 bits per heavy atom. The number of ether oxygens (including phenoxy) is 2. The Morgan fingerprint density at radius 2 is 1.67 bits per heavy atom. The van der Waals surface area contributed by atoms with Gasteiger partial charge in [-0.05, 0) is 49.4 Å². The third kappa shape index (κ3) is 5.82. The fourth-order valence-electron chi connectivity index (χ4n) is 3.49. The molecule has 1 unspecified atom stereocenters. The van der Waals surface area contributed by atoms with Crippen molar-refractivity contribution in [1.29, 1.82) is 0 Å². The van der Waals surface area contributed by atoms with Gasteiger partial charge in [-0.1, -0.05) is 63.2 Å². The molecule has 0 fully saturated rings. The average molecular weight is 466 g/mol. The van der Waals surface area contributed by atoms with Crippen LogP contribution in [0.4, 0.5) is 5.00 Å². The Bertz CT molecular complexity index is 1110. The minimum absolute atomic E-state index is 0.0402. The summed E-state index contributed by atoms with van der Waals surface area (Å²) in [4.78, 5) is 26.7. The molecule has 0 saturated carbocycles. The van der Waals surface area contributed by atoms with Crippen LogP contribution in [0.2, 0.25) is 0 Å². The number of aryl methyl sites for hydroxylation is 1. The van der Waals surface area contributed by atoms with Crippen molar-refractivity contribution in [1.82, 2.24) is 0 Å². The van der Waals surface area contributed by atoms with Crippen LogP contribution in [0.25, 0.3) is 11.1 Å². The number of esters is 1. The molecule has 0 aliphatic rings. The zero-order valence-electron chi connectivity index (χ0n) is 20.0. The van der Waals surface area contributed by atoms with E-state index in [0.29, 0.717) is 16.3 Å². The fraction of sp³-hybridized carbons (Fsp3) is 0.333. The first-order chi connectivity index (χ1) is 15.6. The lowest BCUT2D eigenvalue weighted by atomic mass is 9.87. The summed E-state index contributed by atoms with van der Waals surface area (Å²) in [7, 11) is 0. The highest BCUT2D eigenvalue weighted by Gasteiger charge is 2.27. The molecule has 2 aromatic carbocycles. The molecule has 3 aromatic rings. The van der Waals surface area contributed by atoms with Crippen LogP contribution in [0.5, 0.6) is 5.75 Å². The fourth-order valence-corrected chi connectivity index (χ4v) is 4.56. The summed E-state index contributed by atoms with van der Waals surface area (Å²) >= 11 is 1.36. The lowest BCUT2D eigenvalue weighted by Crippen LogP contribution is -2.30. The van der Waals surface area contributed by atoms with E-state index in [0.717, 1.165) is 16.0 Å². The SMILES string of the molecule is CCOC(=O)c1c(NC(=O)C(C)Oc2ccc(C(C)(C)C)cc2)sc(C)c1-c1ccccc1. The van der Waals surface area contributed by atoms with Gasteiger partial charge in [0.1, 0.15) is 16.3 Å². The van der Waals surface area contributed by atoms with Gasteiger partial charge in [-0.25, -0.2) is 4.79 Å². The number of thiophene rings is 1. The zero-order valence-corrected chi connectivity index (χ0v) is 20.8. The maximum atomic E-state index is 13.0. The van der Waals surface area contributed by atoms with Crippen molar-refractivity contribution in [2.24, 2.45) is 0 Å². The zero-order chi connectivity index (χ0) is 24.2. The number of hydrogen-bond acceptors (Lipinski definition) is 5. The largest absolute Gasteiger partial charge is 0.481 e. The maximum absolute atomic E-state index is 13.0. The Balaban J connectivity index is 1.83. The predicted octanol–water partition coefficient (Wildman–Crippen LogP) is 6.60. The first-order valence-electron chi connectivity index (χ1n) is 11.1. The molecular weight excluding hydrogens is 434 g/mol. The summed E-state index contributed by atoms with van der Waals surface area (Å²) in [5.74, 6) is -0.174. The number of hydrogen-bond donors (Lipinski definition) is 1. The number of benzene rings is 2. The topological polar surface area (TPSA) is 64.6 Å². The third-order valence-electron chi connectivity index (χ3n) is 5.27. The van der Waals surface area contributed by atoms with Gasteiger partial charge in [0.25, 0.3) is 5.91 Å². The molecule has 1 heterocycles. The second-order valence-electron chi connectivity index (χ2n) is 8.85. The van der Waals surface area contributed by atoms with Gasteiger partial charge < -0.3 is 14.8 Å². The van der Waals surface area contributed by atoms with Crippen LogP contribution in [0.1, 0.15) is 55.4 Å². The monoisotopic (exact) mass is 465 g/mol. The van der Waals surface area contributed by atoms with Crippen LogP contribution in [-0.2, 0) is 14.9 Å². The molecule has 1 amide bonds. The molecule has 174 valence electrons. The van der Waals surface area contributed by atoms with Crippen LogP contribution in [-0.4, -0.2) is 24.6 Å². The molecule has 1 N–H and O–H groups in total. The van der Waals surface area contributed by atoms with Crippen LogP contribution in [0, 0.1) is 6.92 Å². The van der Waals surface area contributed by atoms with Crippen molar-refractivity contribution >= 4 is 28.2 Å². The molecule has 6 heteroatoms. The number of nitrogens with one attached hydrogen (secondary N) is 1. The van der Waals surface area contributed by atoms with Gasteiger partial charge in [0.2, 0.25) is 0 Å². The number of anilines is 1. The van der Waals surface area contributed by atoms with E-state index in [-0.39, 0.29) is 17.9 Å². The summed E-state index contributed by atoms with van der Waals surface area (Å²) in [5, 5.41) is 3.36. The molecule has 0 spiro atoms. The Hall–Kier alpha value is -3.12. The molecule has 3 rings (SSSR count). The minimum Gasteiger partial charge on any atom is -0.481 e. The first kappa shape index (κ1) is 24.5. The van der Waals surface area contributed by atoms with Gasteiger partial charge in [0.05, 0.1) is 6.61 Å². The molecule has 1 atom stereocenters. The molecule has 0 saturated heterocycles. The highest BCUT2D eigenvalue weighted by Crippen LogP contribution is 2.40. The third-order valence-corrected chi connectivity index (χ3v) is 6.29. The molecule has 5 nitrogen and oxygen atoms in total. The normalized spacial score (nSPS) is 12.2. The van der Waals surface area contributed by atoms with Gasteiger partial charge in [0.15, 0.2) is 6.10 Å². The molecule has 33 heavy (non-hydrogen) atoms. The van der Waals surface area contributed by atoms with Crippen molar-refractivity contribution in [3.63, 3.8) is 0 Å². The Labute approximate surface area is 199 Å². The second kappa shape index (κ2) is 10.2. The maximum Gasteiger partial charge on any atom is 0.341 e. The quantitative estimate of drug-likeness (QED) is 0.399. The van der Waals surface area contributed by atoms with Gasteiger partial charge in [-0.15, -0.1) is 11.3 Å². The number of rotatable bonds is 7. The van der Waals surface area contributed by atoms with Crippen molar-refractivity contribution in [3.05, 3.63) is 70.6 Å². The first-order valence-corrected chi connectivity index (χ1v) is 11.9. The summed E-state index contributed by atoms with van der Waals surface area (Å²) in [5.41, 5.74) is 3.28. The molecule has 1 aromatic heterocycles. The Morgan fingerprint density at radius 3 is 2.24 bits per heavy atom. The average Bonchev–Trinajstić information content (AvgIpc) is 3.09. The number of carbonyl (C=O) groups is 2. The van der Waals surface area contributed by atoms with Crippen molar-refractivity contribution in [3.8, 4) is 16.9 Å². The summed E-state index contributed by atoms with van der Waals surface area (Å²) in [6.45, 7) is 12.1. The molecular formula is C27H31NO4S. The molecule has 0 radical (unpaired) electrons. The van der Waals surface area contributed by atoms with E-state index in [9.17, 15) is 9.59 Å². The molecule has 0 aliphatic carbocycles. The smallest absolute Gasteiger partial charge is 0.341 e. The summed E-state index contributed by atoms with van der Waals surface area (Å²) in [6.07, 6.45) is -0.747. The van der Waals surface area contributed by atoms with Crippen LogP contribution < -0.4 is 10.1 Å². The van der Waals surface area contributed by atoms with Crippen LogP contribution in [0.15, 0.2) is 54.6 Å². The highest BCUT2D eigenvalue weighted by atomic mass is 32.1. The van der Waals surface area contributed by atoms with E-state index < -0.39 is 12.1 Å². The van der Waals surface area contributed by atoms with Crippen LogP contribution >= 0.6 is 11.3 Å². The van der Waals surface area contributed by atoms with E-state index in [1.807, 2.05) is 61.5 Å². The minimum atomic E-state index is -0.747. The Kier molecular flexibility index (Phi) is 7.59. The molecule has 0 aliphatic heterocycles. The lowest BCUT2D eigenvalue weighted by Gasteiger charge is -2.20. The standard InChI is InChI=1S/C27H31NO4S/c1-7-31-26(30)23-22(19-11-9-8-10-12-19)18(3)33-25(23)28-24(29)17(2)32-21-15-13-20(14-16-21)27(4,5)6/h8-17H,7H2,1-6H3,(H,28,29). The lowest BCUT2D eigenvalue weighted by molar-refractivity contribution is -0.122.